The lowest BCUT2D eigenvalue weighted by atomic mass is 9.90. The van der Waals surface area contributed by atoms with E-state index in [2.05, 4.69) is 20.4 Å². The molecule has 122 valence electrons. The maximum atomic E-state index is 6.04. The number of nitrogens with zero attached hydrogens (tertiary/aromatic N) is 3. The van der Waals surface area contributed by atoms with E-state index in [9.17, 15) is 0 Å². The van der Waals surface area contributed by atoms with Gasteiger partial charge in [0.1, 0.15) is 0 Å². The van der Waals surface area contributed by atoms with Crippen molar-refractivity contribution >= 4 is 0 Å². The summed E-state index contributed by atoms with van der Waals surface area (Å²) in [6, 6.07) is 0. The van der Waals surface area contributed by atoms with Crippen molar-refractivity contribution in [1.82, 2.24) is 20.4 Å². The predicted molar refractivity (Wildman–Crippen MR) is 81.6 cm³/mol. The molecular weight excluding hydrogens is 280 g/mol. The van der Waals surface area contributed by atoms with Crippen molar-refractivity contribution in [3.05, 3.63) is 11.7 Å². The molecule has 2 saturated heterocycles. The summed E-state index contributed by atoms with van der Waals surface area (Å²) < 4.78 is 11.5. The van der Waals surface area contributed by atoms with Crippen LogP contribution < -0.4 is 5.32 Å². The monoisotopic (exact) mass is 306 g/mol. The molecule has 6 heteroatoms. The molecule has 0 atom stereocenters. The zero-order valence-electron chi connectivity index (χ0n) is 13.2. The van der Waals surface area contributed by atoms with Crippen LogP contribution in [0.2, 0.25) is 0 Å². The first-order valence-corrected chi connectivity index (χ1v) is 8.73. The smallest absolute Gasteiger partial charge is 0.229 e. The molecule has 1 aromatic heterocycles. The van der Waals surface area contributed by atoms with E-state index in [1.807, 2.05) is 0 Å². The van der Waals surface area contributed by atoms with E-state index in [1.165, 1.54) is 25.7 Å². The highest BCUT2D eigenvalue weighted by molar-refractivity contribution is 4.98. The largest absolute Gasteiger partial charge is 0.372 e. The van der Waals surface area contributed by atoms with Crippen LogP contribution in [0.15, 0.2) is 4.52 Å². The van der Waals surface area contributed by atoms with Crippen molar-refractivity contribution in [1.29, 1.82) is 0 Å². The summed E-state index contributed by atoms with van der Waals surface area (Å²) in [6.45, 7) is 5.73. The highest BCUT2D eigenvalue weighted by Gasteiger charge is 2.37. The molecule has 1 N–H and O–H groups in total. The van der Waals surface area contributed by atoms with Crippen molar-refractivity contribution in [3.8, 4) is 0 Å². The van der Waals surface area contributed by atoms with Crippen LogP contribution in [0, 0.1) is 0 Å². The maximum absolute atomic E-state index is 6.04. The zero-order chi connectivity index (χ0) is 14.8. The summed E-state index contributed by atoms with van der Waals surface area (Å²) in [4.78, 5) is 7.05. The molecule has 3 aliphatic rings. The van der Waals surface area contributed by atoms with E-state index < -0.39 is 0 Å². The van der Waals surface area contributed by atoms with Gasteiger partial charge in [-0.1, -0.05) is 18.0 Å². The van der Waals surface area contributed by atoms with E-state index in [1.54, 1.807) is 0 Å². The van der Waals surface area contributed by atoms with Crippen molar-refractivity contribution in [2.24, 2.45) is 0 Å². The van der Waals surface area contributed by atoms with Gasteiger partial charge in [-0.05, 0) is 25.7 Å². The molecule has 0 aromatic carbocycles. The van der Waals surface area contributed by atoms with Crippen LogP contribution in [0.3, 0.4) is 0 Å². The van der Waals surface area contributed by atoms with Crippen LogP contribution in [0.5, 0.6) is 0 Å². The van der Waals surface area contributed by atoms with Gasteiger partial charge in [-0.2, -0.15) is 4.98 Å². The Balaban J connectivity index is 1.31. The van der Waals surface area contributed by atoms with Gasteiger partial charge in [0.15, 0.2) is 5.82 Å². The molecule has 2 aliphatic heterocycles. The zero-order valence-corrected chi connectivity index (χ0v) is 13.2. The SMILES string of the molecule is C1CCC(c2nc(CN3CCC4(CC3)CNCCO4)no2)C1. The summed E-state index contributed by atoms with van der Waals surface area (Å²) in [5.41, 5.74) is 0.0704. The fourth-order valence-electron chi connectivity index (χ4n) is 4.02. The summed E-state index contributed by atoms with van der Waals surface area (Å²) in [7, 11) is 0. The molecule has 3 heterocycles. The van der Waals surface area contributed by atoms with Crippen LogP contribution in [0.4, 0.5) is 0 Å². The first-order valence-electron chi connectivity index (χ1n) is 8.73. The van der Waals surface area contributed by atoms with Crippen molar-refractivity contribution < 1.29 is 9.26 Å². The first-order chi connectivity index (χ1) is 10.8. The molecule has 1 saturated carbocycles. The van der Waals surface area contributed by atoms with Gasteiger partial charge in [0.2, 0.25) is 5.89 Å². The number of nitrogens with one attached hydrogen (secondary N) is 1. The molecule has 0 unspecified atom stereocenters. The molecule has 3 fully saturated rings. The number of hydrogen-bond acceptors (Lipinski definition) is 6. The molecule has 22 heavy (non-hydrogen) atoms. The van der Waals surface area contributed by atoms with Crippen LogP contribution in [-0.4, -0.2) is 53.4 Å². The van der Waals surface area contributed by atoms with E-state index >= 15 is 0 Å². The second-order valence-corrected chi connectivity index (χ2v) is 7.01. The topological polar surface area (TPSA) is 63.4 Å². The van der Waals surface area contributed by atoms with Gasteiger partial charge >= 0.3 is 0 Å². The molecular formula is C16H26N4O2. The normalized spacial score (nSPS) is 26.7. The van der Waals surface area contributed by atoms with Crippen molar-refractivity contribution in [3.63, 3.8) is 0 Å². The Labute approximate surface area is 131 Å². The standard InChI is InChI=1S/C16H26N4O2/c1-2-4-13(3-1)15-18-14(19-22-15)11-20-8-5-16(6-9-20)12-17-7-10-21-16/h13,17H,1-12H2. The summed E-state index contributed by atoms with van der Waals surface area (Å²) in [5, 5.41) is 7.65. The van der Waals surface area contributed by atoms with E-state index in [-0.39, 0.29) is 5.60 Å². The highest BCUT2D eigenvalue weighted by atomic mass is 16.5. The van der Waals surface area contributed by atoms with Gasteiger partial charge in [0.25, 0.3) is 0 Å². The van der Waals surface area contributed by atoms with Gasteiger partial charge in [-0.15, -0.1) is 0 Å². The second kappa shape index (κ2) is 6.26. The lowest BCUT2D eigenvalue weighted by Crippen LogP contribution is -2.55. The number of morpholine rings is 1. The third-order valence-electron chi connectivity index (χ3n) is 5.45. The van der Waals surface area contributed by atoms with E-state index in [0.29, 0.717) is 5.92 Å². The average Bonchev–Trinajstić information content (AvgIpc) is 3.22. The molecule has 0 amide bonds. The minimum atomic E-state index is 0.0704. The number of hydrogen-bond donors (Lipinski definition) is 1. The van der Waals surface area contributed by atoms with Crippen molar-refractivity contribution in [2.75, 3.05) is 32.8 Å². The van der Waals surface area contributed by atoms with Crippen LogP contribution in [0.25, 0.3) is 0 Å². The Kier molecular flexibility index (Phi) is 4.15. The molecule has 6 nitrogen and oxygen atoms in total. The molecule has 0 radical (unpaired) electrons. The number of piperidine rings is 1. The molecule has 0 bridgehead atoms. The third kappa shape index (κ3) is 3.05. The van der Waals surface area contributed by atoms with Gasteiger partial charge in [0.05, 0.1) is 18.8 Å². The Morgan fingerprint density at radius 1 is 1.23 bits per heavy atom. The highest BCUT2D eigenvalue weighted by Crippen LogP contribution is 2.33. The number of rotatable bonds is 3. The summed E-state index contributed by atoms with van der Waals surface area (Å²) >= 11 is 0. The lowest BCUT2D eigenvalue weighted by molar-refractivity contribution is -0.101. The second-order valence-electron chi connectivity index (χ2n) is 7.01. The van der Waals surface area contributed by atoms with Gasteiger partial charge in [0, 0.05) is 32.1 Å². The summed E-state index contributed by atoms with van der Waals surface area (Å²) in [6.07, 6.45) is 7.19. The van der Waals surface area contributed by atoms with Gasteiger partial charge in [-0.25, -0.2) is 0 Å². The van der Waals surface area contributed by atoms with E-state index in [4.69, 9.17) is 9.26 Å². The van der Waals surface area contributed by atoms with Crippen molar-refractivity contribution in [2.45, 2.75) is 56.6 Å². The Bertz CT molecular complexity index is 482. The number of ether oxygens (including phenoxy) is 1. The number of aromatic nitrogens is 2. The molecule has 4 rings (SSSR count). The molecule has 1 aliphatic carbocycles. The van der Waals surface area contributed by atoms with Crippen LogP contribution >= 0.6 is 0 Å². The van der Waals surface area contributed by atoms with Gasteiger partial charge in [-0.3, -0.25) is 4.90 Å². The Hall–Kier alpha value is -0.980. The van der Waals surface area contributed by atoms with Crippen LogP contribution in [0.1, 0.15) is 56.2 Å². The minimum Gasteiger partial charge on any atom is -0.372 e. The Morgan fingerprint density at radius 2 is 2.05 bits per heavy atom. The third-order valence-corrected chi connectivity index (χ3v) is 5.45. The molecule has 1 aromatic rings. The lowest BCUT2D eigenvalue weighted by Gasteiger charge is -2.43. The first kappa shape index (κ1) is 14.6. The quantitative estimate of drug-likeness (QED) is 0.917. The van der Waals surface area contributed by atoms with Gasteiger partial charge < -0.3 is 14.6 Å². The maximum Gasteiger partial charge on any atom is 0.229 e. The Morgan fingerprint density at radius 3 is 2.77 bits per heavy atom. The number of likely N-dealkylation sites (tertiary alicyclic amines) is 1. The fraction of sp³-hybridized carbons (Fsp3) is 0.875. The van der Waals surface area contributed by atoms with Crippen LogP contribution in [-0.2, 0) is 11.3 Å². The fourth-order valence-corrected chi connectivity index (χ4v) is 4.02. The van der Waals surface area contributed by atoms with E-state index in [0.717, 1.165) is 63.9 Å². The average molecular weight is 306 g/mol. The molecule has 1 spiro atoms. The predicted octanol–water partition coefficient (Wildman–Crippen LogP) is 1.68. The summed E-state index contributed by atoms with van der Waals surface area (Å²) in [5.74, 6) is 2.22. The minimum absolute atomic E-state index is 0.0704.